The van der Waals surface area contributed by atoms with Crippen LogP contribution < -0.4 is 32.9 Å². The number of aliphatic hydroxyl groups excluding tert-OH is 3. The Morgan fingerprint density at radius 1 is 0.700 bits per heavy atom. The van der Waals surface area contributed by atoms with Gasteiger partial charge in [-0.2, -0.15) is 13.6 Å². The number of methoxy groups -OCH3 is 1. The van der Waals surface area contributed by atoms with Crippen LogP contribution >= 0.6 is 31.3 Å². The topological polar surface area (TPSA) is 551 Å². The molecule has 3 aliphatic rings. The Bertz CT molecular complexity index is 3570. The zero-order valence-electron chi connectivity index (χ0n) is 41.8. The lowest BCUT2D eigenvalue weighted by atomic mass is 9.95. The molecule has 9 rings (SSSR count). The number of nitrogens with one attached hydrogen (secondary N) is 2. The van der Waals surface area contributed by atoms with E-state index >= 15 is 0 Å². The minimum absolute atomic E-state index is 0.00156. The molecule has 0 saturated carbocycles. The zero-order valence-corrected chi connectivity index (χ0v) is 45.3. The van der Waals surface area contributed by atoms with Crippen molar-refractivity contribution in [3.05, 3.63) is 46.0 Å². The van der Waals surface area contributed by atoms with Gasteiger partial charge in [-0.15, -0.1) is 0 Å². The van der Waals surface area contributed by atoms with Gasteiger partial charge in [0.05, 0.1) is 45.6 Å². The Labute approximate surface area is 446 Å². The molecule has 3 fully saturated rings. The number of ether oxygens (including phenoxy) is 5. The number of anilines is 3. The third-order valence-corrected chi connectivity index (χ3v) is 17.9. The van der Waals surface area contributed by atoms with Crippen molar-refractivity contribution >= 4 is 82.5 Å². The summed E-state index contributed by atoms with van der Waals surface area (Å²) in [5.41, 5.74) is 15.8. The quantitative estimate of drug-likeness (QED) is 0.0167. The first-order valence-electron chi connectivity index (χ1n) is 23.6. The normalized spacial score (nSPS) is 29.3. The van der Waals surface area contributed by atoms with Gasteiger partial charge in [0.25, 0.3) is 17.1 Å². The molecule has 3 aliphatic heterocycles. The summed E-state index contributed by atoms with van der Waals surface area (Å²) in [7, 11) is -20.8. The molecule has 39 nitrogen and oxygen atoms in total. The van der Waals surface area contributed by atoms with Gasteiger partial charge < -0.3 is 75.8 Å². The predicted molar refractivity (Wildman–Crippen MR) is 262 cm³/mol. The van der Waals surface area contributed by atoms with E-state index in [-0.39, 0.29) is 64.2 Å². The Morgan fingerprint density at radius 2 is 1.31 bits per heavy atom. The van der Waals surface area contributed by atoms with Crippen LogP contribution in [0.2, 0.25) is 0 Å². The van der Waals surface area contributed by atoms with Crippen LogP contribution in [0.5, 0.6) is 0 Å². The van der Waals surface area contributed by atoms with Crippen molar-refractivity contribution in [3.63, 3.8) is 0 Å². The number of rotatable bonds is 24. The molecule has 6 aromatic heterocycles. The van der Waals surface area contributed by atoms with E-state index < -0.39 is 136 Å². The number of hydrogen-bond donors (Lipinski definition) is 12. The number of imidazole rings is 3. The molecule has 0 aromatic carbocycles. The van der Waals surface area contributed by atoms with Crippen molar-refractivity contribution in [2.45, 2.75) is 87.3 Å². The molecule has 0 aliphatic carbocycles. The second-order valence-electron chi connectivity index (χ2n) is 18.0. The molecule has 43 heteroatoms. The number of aryl methyl sites for hydroxylation is 1. The van der Waals surface area contributed by atoms with Gasteiger partial charge in [-0.25, -0.2) is 42.8 Å². The van der Waals surface area contributed by atoms with E-state index in [0.29, 0.717) is 13.0 Å². The first kappa shape index (κ1) is 59.5. The monoisotopic (exact) mass is 1220 g/mol. The minimum atomic E-state index is -6.19. The molecule has 15 N–H and O–H groups in total. The van der Waals surface area contributed by atoms with Crippen LogP contribution in [0.1, 0.15) is 38.4 Å². The zero-order chi connectivity index (χ0) is 57.8. The summed E-state index contributed by atoms with van der Waals surface area (Å²) in [5, 5.41) is 33.3. The summed E-state index contributed by atoms with van der Waals surface area (Å²) >= 11 is 0. The van der Waals surface area contributed by atoms with Crippen LogP contribution in [0.25, 0.3) is 33.5 Å². The molecule has 9 heterocycles. The number of nitrogens with zero attached hydrogens (tertiary/aromatic N) is 10. The number of fused-ring (bicyclic) bond motifs is 3. The van der Waals surface area contributed by atoms with Crippen LogP contribution in [-0.2, 0) is 75.7 Å². The molecule has 0 bridgehead atoms. The summed E-state index contributed by atoms with van der Waals surface area (Å²) in [6.07, 6.45) is -12.0. The van der Waals surface area contributed by atoms with Crippen LogP contribution in [0.15, 0.2) is 34.9 Å². The van der Waals surface area contributed by atoms with E-state index in [1.807, 2.05) is 6.92 Å². The maximum absolute atomic E-state index is 13.7. The lowest BCUT2D eigenvalue weighted by Crippen LogP contribution is -2.45. The fourth-order valence-electron chi connectivity index (χ4n) is 9.20. The van der Waals surface area contributed by atoms with E-state index in [2.05, 4.69) is 48.5 Å². The van der Waals surface area contributed by atoms with Crippen LogP contribution in [0.3, 0.4) is 0 Å². The Hall–Kier alpha value is -5.15. The minimum Gasteiger partial charge on any atom is -0.387 e. The maximum Gasteiger partial charge on any atom is 0.490 e. The maximum atomic E-state index is 13.7. The molecule has 440 valence electrons. The van der Waals surface area contributed by atoms with Crippen molar-refractivity contribution in [2.24, 2.45) is 13.0 Å². The van der Waals surface area contributed by atoms with Gasteiger partial charge in [0.15, 0.2) is 41.4 Å². The van der Waals surface area contributed by atoms with E-state index in [9.17, 15) is 62.7 Å². The number of nitrogen functional groups attached to an aromatic ring is 3. The molecule has 0 amide bonds. The predicted octanol–water partition coefficient (Wildman–Crippen LogP) is -2.64. The van der Waals surface area contributed by atoms with Crippen molar-refractivity contribution < 1.29 is 108 Å². The SMILES string of the molecule is CCCOCC[C@H]1[C@@H](O)[C@H]([n+]2cn(C)c3c(=O)[nH]c(N)nc32)O[C@@H]1COP(=O)(O)OP(=O)(O)OP(=O)(O)OC[C@H]1O[C@@H](n2cnc3c(N)ncnc32)[C@H](OC)[C@@H]1OP(=O)(O)OC[C@H]1O[C@@H](n2cnc3c(=O)[nH]c(N)nc32)[C@H](O)[C@@H]1O. The highest BCUT2D eigenvalue weighted by Crippen LogP contribution is 2.68. The number of nitrogens with two attached hydrogens (primary N) is 3. The lowest BCUT2D eigenvalue weighted by Gasteiger charge is -2.26. The first-order chi connectivity index (χ1) is 37.7. The van der Waals surface area contributed by atoms with Gasteiger partial charge in [0.2, 0.25) is 17.7 Å². The third-order valence-electron chi connectivity index (χ3n) is 12.7. The summed E-state index contributed by atoms with van der Waals surface area (Å²) < 4.78 is 117. The second-order valence-corrected chi connectivity index (χ2v) is 24.1. The summed E-state index contributed by atoms with van der Waals surface area (Å²) in [6.45, 7) is -0.883. The standard InChI is InChI=1S/C37H53N15O24P4/c1-4-6-67-7-5-15-16(71-33(22(15)53)52-14-49(2)21-30(52)46-37(40)48-32(21)57)8-69-78(60,61)75-80(64,65)76-79(62,63)70-10-18-25(26(66-3)35(73-18)50-12-43-19-27(38)41-11-42-28(19)50)74-77(58,59)68-9-17-23(54)24(55)34(72-17)51-13-44-20-29(51)45-36(39)47-31(20)56/h11-18,22-26,33-35,53-55H,4-10H2,1-3H3,(H11-,38,39,40,41,42,45,46,47,48,56,57,58,59,60,61,62,63,64,65)/p+1/t15-,16-,17-,18-,22-,23-,24-,25-,26-,33-,34-,35-/m1/s1. The number of H-pyrrole nitrogens is 2. The third kappa shape index (κ3) is 12.4. The van der Waals surface area contributed by atoms with Gasteiger partial charge in [-0.05, 0) is 12.8 Å². The smallest absolute Gasteiger partial charge is 0.387 e. The van der Waals surface area contributed by atoms with Crippen LogP contribution in [0, 0.1) is 5.92 Å². The molecular formula is C37H54N15O24P4+. The largest absolute Gasteiger partial charge is 0.490 e. The fourth-order valence-corrected chi connectivity index (χ4v) is 13.7. The van der Waals surface area contributed by atoms with Gasteiger partial charge >= 0.3 is 36.9 Å². The number of phosphoric ester groups is 3. The number of phosphoric acid groups is 4. The Balaban J connectivity index is 0.872. The molecule has 0 radical (unpaired) electrons. The highest BCUT2D eigenvalue weighted by molar-refractivity contribution is 7.66. The summed E-state index contributed by atoms with van der Waals surface area (Å²) in [6, 6.07) is 0. The Morgan fingerprint density at radius 3 is 2.00 bits per heavy atom. The summed E-state index contributed by atoms with van der Waals surface area (Å²) in [4.78, 5) is 96.9. The first-order valence-corrected chi connectivity index (χ1v) is 29.6. The number of hydrogen-bond acceptors (Lipinski definition) is 29. The van der Waals surface area contributed by atoms with Crippen molar-refractivity contribution in [3.8, 4) is 0 Å². The van der Waals surface area contributed by atoms with Gasteiger partial charge in [0.1, 0.15) is 54.6 Å². The van der Waals surface area contributed by atoms with Gasteiger partial charge in [0, 0.05) is 26.2 Å². The molecule has 0 spiro atoms. The van der Waals surface area contributed by atoms with E-state index in [1.165, 1.54) is 27.1 Å². The second kappa shape index (κ2) is 23.2. The van der Waals surface area contributed by atoms with Gasteiger partial charge in [-0.1, -0.05) is 11.9 Å². The van der Waals surface area contributed by atoms with Crippen LogP contribution in [-0.4, -0.2) is 177 Å². The number of aromatic amines is 2. The average Bonchev–Trinajstić information content (AvgIpc) is 4.29. The van der Waals surface area contributed by atoms with Crippen LogP contribution in [0.4, 0.5) is 17.7 Å². The molecule has 6 aromatic rings. The van der Waals surface area contributed by atoms with Crippen molar-refractivity contribution in [1.29, 1.82) is 0 Å². The highest BCUT2D eigenvalue weighted by atomic mass is 31.3. The lowest BCUT2D eigenvalue weighted by molar-refractivity contribution is -0.745. The van der Waals surface area contributed by atoms with E-state index in [0.717, 1.165) is 30.7 Å². The average molecular weight is 1220 g/mol. The van der Waals surface area contributed by atoms with E-state index in [1.54, 1.807) is 0 Å². The molecule has 3 saturated heterocycles. The molecule has 80 heavy (non-hydrogen) atoms. The molecule has 4 unspecified atom stereocenters. The highest BCUT2D eigenvalue weighted by Gasteiger charge is 2.54. The number of aromatic nitrogens is 12. The van der Waals surface area contributed by atoms with Crippen molar-refractivity contribution in [2.75, 3.05) is 57.3 Å². The fraction of sp³-hybridized carbons (Fsp3) is 0.595. The Kier molecular flexibility index (Phi) is 17.3. The van der Waals surface area contributed by atoms with Gasteiger partial charge in [-0.3, -0.25) is 51.4 Å². The molecular weight excluding hydrogens is 1160 g/mol. The van der Waals surface area contributed by atoms with Crippen molar-refractivity contribution in [1.82, 2.24) is 53.6 Å². The van der Waals surface area contributed by atoms with E-state index in [4.69, 9.17) is 59.0 Å². The number of aliphatic hydroxyl groups is 3. The summed E-state index contributed by atoms with van der Waals surface area (Å²) in [5.74, 6) is -1.58. The molecule has 16 atom stereocenters.